The second-order valence-corrected chi connectivity index (χ2v) is 5.63. The molecule has 3 rings (SSSR count). The monoisotopic (exact) mass is 326 g/mol. The van der Waals surface area contributed by atoms with Gasteiger partial charge in [-0.25, -0.2) is 0 Å². The van der Waals surface area contributed by atoms with E-state index in [0.717, 1.165) is 31.5 Å². The number of aromatic nitrogens is 3. The van der Waals surface area contributed by atoms with Gasteiger partial charge in [-0.2, -0.15) is 13.2 Å². The van der Waals surface area contributed by atoms with Gasteiger partial charge in [0.25, 0.3) is 0 Å². The smallest absolute Gasteiger partial charge is 0.397 e. The normalized spacial score (nSPS) is 19.9. The van der Waals surface area contributed by atoms with Crippen molar-refractivity contribution < 1.29 is 17.6 Å². The minimum atomic E-state index is -4.34. The molecule has 3 heterocycles. The van der Waals surface area contributed by atoms with E-state index in [2.05, 4.69) is 20.1 Å². The summed E-state index contributed by atoms with van der Waals surface area (Å²) in [4.78, 5) is 6.43. The standard InChI is InChI=1S/C15H17F3N4O/c16-15(17,18)9-13-20-21-14(23-13)12-6-2-4-8-22(12)10-11-5-1-3-7-19-11/h1,3,5,7,12H,2,4,6,8-10H2/t12-/m1/s1. The first-order valence-electron chi connectivity index (χ1n) is 7.54. The molecule has 0 N–H and O–H groups in total. The van der Waals surface area contributed by atoms with Crippen LogP contribution in [-0.2, 0) is 13.0 Å². The number of likely N-dealkylation sites (tertiary alicyclic amines) is 1. The Bertz CT molecular complexity index is 629. The van der Waals surface area contributed by atoms with E-state index < -0.39 is 12.6 Å². The third-order valence-electron chi connectivity index (χ3n) is 3.82. The largest absolute Gasteiger partial charge is 0.423 e. The van der Waals surface area contributed by atoms with E-state index in [1.165, 1.54) is 0 Å². The molecular formula is C15H17F3N4O. The molecule has 0 spiro atoms. The average Bonchev–Trinajstić information content (AvgIpc) is 2.95. The van der Waals surface area contributed by atoms with Crippen molar-refractivity contribution in [2.45, 2.75) is 44.4 Å². The summed E-state index contributed by atoms with van der Waals surface area (Å²) in [7, 11) is 0. The maximum absolute atomic E-state index is 12.4. The molecule has 124 valence electrons. The number of hydrogen-bond donors (Lipinski definition) is 0. The summed E-state index contributed by atoms with van der Waals surface area (Å²) < 4.78 is 42.5. The quantitative estimate of drug-likeness (QED) is 0.863. The second kappa shape index (κ2) is 6.66. The van der Waals surface area contributed by atoms with Gasteiger partial charge in [-0.1, -0.05) is 12.5 Å². The van der Waals surface area contributed by atoms with Gasteiger partial charge >= 0.3 is 6.18 Å². The minimum Gasteiger partial charge on any atom is -0.423 e. The van der Waals surface area contributed by atoms with Crippen LogP contribution in [0.3, 0.4) is 0 Å². The summed E-state index contributed by atoms with van der Waals surface area (Å²) in [5, 5.41) is 7.38. The Kier molecular flexibility index (Phi) is 4.61. The van der Waals surface area contributed by atoms with Crippen molar-refractivity contribution in [3.8, 4) is 0 Å². The summed E-state index contributed by atoms with van der Waals surface area (Å²) in [5.74, 6) is -0.115. The third-order valence-corrected chi connectivity index (χ3v) is 3.82. The lowest BCUT2D eigenvalue weighted by Gasteiger charge is -2.33. The van der Waals surface area contributed by atoms with Crippen LogP contribution in [0.4, 0.5) is 13.2 Å². The van der Waals surface area contributed by atoms with E-state index >= 15 is 0 Å². The Morgan fingerprint density at radius 2 is 2.09 bits per heavy atom. The van der Waals surface area contributed by atoms with Crippen molar-refractivity contribution in [1.29, 1.82) is 0 Å². The van der Waals surface area contributed by atoms with Gasteiger partial charge in [-0.3, -0.25) is 9.88 Å². The van der Waals surface area contributed by atoms with Gasteiger partial charge in [-0.15, -0.1) is 10.2 Å². The number of pyridine rings is 1. The highest BCUT2D eigenvalue weighted by molar-refractivity contribution is 5.05. The Hall–Kier alpha value is -1.96. The van der Waals surface area contributed by atoms with Crippen molar-refractivity contribution in [3.05, 3.63) is 41.9 Å². The Morgan fingerprint density at radius 3 is 2.83 bits per heavy atom. The topological polar surface area (TPSA) is 55.1 Å². The van der Waals surface area contributed by atoms with Crippen LogP contribution in [0.1, 0.15) is 42.8 Å². The predicted molar refractivity (Wildman–Crippen MR) is 75.3 cm³/mol. The Morgan fingerprint density at radius 1 is 1.22 bits per heavy atom. The first-order valence-corrected chi connectivity index (χ1v) is 7.54. The average molecular weight is 326 g/mol. The molecule has 0 aliphatic carbocycles. The molecule has 0 radical (unpaired) electrons. The fourth-order valence-corrected chi connectivity index (χ4v) is 2.80. The van der Waals surface area contributed by atoms with Crippen molar-refractivity contribution in [2.75, 3.05) is 6.54 Å². The van der Waals surface area contributed by atoms with Crippen LogP contribution in [0.25, 0.3) is 0 Å². The van der Waals surface area contributed by atoms with Crippen LogP contribution in [0.15, 0.2) is 28.8 Å². The van der Waals surface area contributed by atoms with E-state index in [9.17, 15) is 13.2 Å². The molecule has 0 saturated carbocycles. The highest BCUT2D eigenvalue weighted by Gasteiger charge is 2.33. The van der Waals surface area contributed by atoms with Gasteiger partial charge < -0.3 is 4.42 Å². The number of nitrogens with zero attached hydrogens (tertiary/aromatic N) is 4. The van der Waals surface area contributed by atoms with Gasteiger partial charge in [0.1, 0.15) is 6.42 Å². The molecule has 0 aromatic carbocycles. The Balaban J connectivity index is 1.73. The molecule has 5 nitrogen and oxygen atoms in total. The number of hydrogen-bond acceptors (Lipinski definition) is 5. The van der Waals surface area contributed by atoms with Gasteiger partial charge in [-0.05, 0) is 31.5 Å². The molecular weight excluding hydrogens is 309 g/mol. The zero-order valence-corrected chi connectivity index (χ0v) is 12.5. The van der Waals surface area contributed by atoms with Crippen LogP contribution in [-0.4, -0.2) is 32.8 Å². The number of rotatable bonds is 4. The molecule has 8 heteroatoms. The zero-order valence-electron chi connectivity index (χ0n) is 12.5. The number of alkyl halides is 3. The van der Waals surface area contributed by atoms with E-state index in [-0.39, 0.29) is 17.8 Å². The molecule has 1 atom stereocenters. The zero-order chi connectivity index (χ0) is 16.3. The number of halogens is 3. The molecule has 2 aromatic rings. The molecule has 23 heavy (non-hydrogen) atoms. The third kappa shape index (κ3) is 4.28. The number of piperidine rings is 1. The van der Waals surface area contributed by atoms with Crippen LogP contribution in [0.2, 0.25) is 0 Å². The van der Waals surface area contributed by atoms with Crippen LogP contribution in [0.5, 0.6) is 0 Å². The molecule has 0 amide bonds. The molecule has 1 fully saturated rings. The lowest BCUT2D eigenvalue weighted by atomic mass is 10.0. The van der Waals surface area contributed by atoms with E-state index in [4.69, 9.17) is 4.42 Å². The van der Waals surface area contributed by atoms with E-state index in [0.29, 0.717) is 6.54 Å². The van der Waals surface area contributed by atoms with Crippen LogP contribution < -0.4 is 0 Å². The van der Waals surface area contributed by atoms with Crippen molar-refractivity contribution in [1.82, 2.24) is 20.1 Å². The Labute approximate surface area is 131 Å². The summed E-state index contributed by atoms with van der Waals surface area (Å²) in [6, 6.07) is 5.53. The lowest BCUT2D eigenvalue weighted by molar-refractivity contribution is -0.131. The van der Waals surface area contributed by atoms with Gasteiger partial charge in [0, 0.05) is 12.7 Å². The van der Waals surface area contributed by atoms with Crippen molar-refractivity contribution in [2.24, 2.45) is 0 Å². The first-order chi connectivity index (χ1) is 11.0. The van der Waals surface area contributed by atoms with Gasteiger partial charge in [0.15, 0.2) is 0 Å². The van der Waals surface area contributed by atoms with Gasteiger partial charge in [0.2, 0.25) is 11.8 Å². The molecule has 0 unspecified atom stereocenters. The lowest BCUT2D eigenvalue weighted by Crippen LogP contribution is -2.33. The first kappa shape index (κ1) is 15.9. The van der Waals surface area contributed by atoms with Crippen LogP contribution in [0, 0.1) is 0 Å². The summed E-state index contributed by atoms with van der Waals surface area (Å²) >= 11 is 0. The second-order valence-electron chi connectivity index (χ2n) is 5.63. The molecule has 1 aliphatic heterocycles. The molecule has 0 bridgehead atoms. The predicted octanol–water partition coefficient (Wildman–Crippen LogP) is 3.30. The maximum Gasteiger partial charge on any atom is 0.397 e. The summed E-state index contributed by atoms with van der Waals surface area (Å²) in [6.07, 6.45) is -0.993. The minimum absolute atomic E-state index is 0.153. The van der Waals surface area contributed by atoms with E-state index in [1.807, 2.05) is 18.2 Å². The fourth-order valence-electron chi connectivity index (χ4n) is 2.80. The summed E-state index contributed by atoms with van der Waals surface area (Å²) in [6.45, 7) is 1.45. The van der Waals surface area contributed by atoms with Gasteiger partial charge in [0.05, 0.1) is 11.7 Å². The van der Waals surface area contributed by atoms with Crippen molar-refractivity contribution >= 4 is 0 Å². The fraction of sp³-hybridized carbons (Fsp3) is 0.533. The van der Waals surface area contributed by atoms with Crippen LogP contribution >= 0.6 is 0 Å². The maximum atomic E-state index is 12.4. The SMILES string of the molecule is FC(F)(F)Cc1nnc([C@H]2CCCCN2Cc2ccccn2)o1. The highest BCUT2D eigenvalue weighted by Crippen LogP contribution is 2.32. The summed E-state index contributed by atoms with van der Waals surface area (Å²) in [5.41, 5.74) is 0.912. The molecule has 1 saturated heterocycles. The van der Waals surface area contributed by atoms with Crippen molar-refractivity contribution in [3.63, 3.8) is 0 Å². The molecule has 2 aromatic heterocycles. The molecule has 1 aliphatic rings. The van der Waals surface area contributed by atoms with E-state index in [1.54, 1.807) is 6.20 Å². The highest BCUT2D eigenvalue weighted by atomic mass is 19.4.